The third-order valence-corrected chi connectivity index (χ3v) is 4.04. The zero-order valence-electron chi connectivity index (χ0n) is 15.1. The number of benzene rings is 2. The lowest BCUT2D eigenvalue weighted by molar-refractivity contribution is 0.0512. The van der Waals surface area contributed by atoms with Crippen molar-refractivity contribution in [3.63, 3.8) is 0 Å². The minimum absolute atomic E-state index is 0.112. The number of guanidine groups is 1. The van der Waals surface area contributed by atoms with Crippen molar-refractivity contribution in [3.05, 3.63) is 59.7 Å². The van der Waals surface area contributed by atoms with Gasteiger partial charge in [0.15, 0.2) is 12.8 Å². The largest absolute Gasteiger partial charge is 0.467 e. The summed E-state index contributed by atoms with van der Waals surface area (Å²) in [4.78, 5) is 17.3. The molecule has 0 aliphatic rings. The molecule has 2 aromatic carbocycles. The number of methoxy groups -OCH3 is 1. The first-order valence-corrected chi connectivity index (χ1v) is 8.27. The second-order valence-electron chi connectivity index (χ2n) is 5.97. The van der Waals surface area contributed by atoms with Crippen LogP contribution in [0.5, 0.6) is 5.75 Å². The van der Waals surface area contributed by atoms with Gasteiger partial charge in [-0.25, -0.2) is 4.98 Å². The molecular formula is C20H20N4O3. The van der Waals surface area contributed by atoms with Crippen molar-refractivity contribution < 1.29 is 14.3 Å². The van der Waals surface area contributed by atoms with E-state index in [1.807, 2.05) is 31.2 Å². The van der Waals surface area contributed by atoms with Gasteiger partial charge in [0.05, 0.1) is 16.8 Å². The van der Waals surface area contributed by atoms with E-state index in [1.54, 1.807) is 31.4 Å². The van der Waals surface area contributed by atoms with E-state index in [0.717, 1.165) is 11.1 Å². The maximum atomic E-state index is 12.6. The van der Waals surface area contributed by atoms with Gasteiger partial charge in [0.1, 0.15) is 5.75 Å². The SMILES string of the molecule is COCOc1ccc2c(C(=O)NC(=N)N)cc(-c3ccccc3C)nc2c1. The van der Waals surface area contributed by atoms with E-state index in [4.69, 9.17) is 25.6 Å². The van der Waals surface area contributed by atoms with Crippen LogP contribution in [0.2, 0.25) is 0 Å². The zero-order chi connectivity index (χ0) is 19.4. The van der Waals surface area contributed by atoms with Gasteiger partial charge in [-0.3, -0.25) is 15.5 Å². The van der Waals surface area contributed by atoms with E-state index in [1.165, 1.54) is 0 Å². The highest BCUT2D eigenvalue weighted by atomic mass is 16.7. The van der Waals surface area contributed by atoms with Gasteiger partial charge in [0.25, 0.3) is 5.91 Å². The summed E-state index contributed by atoms with van der Waals surface area (Å²) in [5, 5.41) is 10.3. The van der Waals surface area contributed by atoms with Crippen molar-refractivity contribution in [1.29, 1.82) is 5.41 Å². The van der Waals surface area contributed by atoms with Gasteiger partial charge in [0.2, 0.25) is 0 Å². The molecule has 1 aromatic heterocycles. The third-order valence-electron chi connectivity index (χ3n) is 4.04. The van der Waals surface area contributed by atoms with Crippen LogP contribution in [0.1, 0.15) is 15.9 Å². The number of amides is 1. The number of aryl methyl sites for hydroxylation is 1. The maximum Gasteiger partial charge on any atom is 0.258 e. The average Bonchev–Trinajstić information content (AvgIpc) is 2.65. The van der Waals surface area contributed by atoms with Crippen LogP contribution in [-0.2, 0) is 4.74 Å². The molecule has 0 unspecified atom stereocenters. The molecule has 1 amide bonds. The maximum absolute atomic E-state index is 12.6. The molecule has 0 radical (unpaired) electrons. The van der Waals surface area contributed by atoms with E-state index in [-0.39, 0.29) is 6.79 Å². The first-order valence-electron chi connectivity index (χ1n) is 8.27. The first kappa shape index (κ1) is 18.3. The van der Waals surface area contributed by atoms with Gasteiger partial charge in [-0.05, 0) is 30.7 Å². The Bertz CT molecular complexity index is 1020. The molecule has 0 saturated heterocycles. The molecule has 0 spiro atoms. The highest BCUT2D eigenvalue weighted by Gasteiger charge is 2.16. The predicted octanol–water partition coefficient (Wildman–Crippen LogP) is 2.82. The lowest BCUT2D eigenvalue weighted by atomic mass is 10.0. The number of hydrogen-bond donors (Lipinski definition) is 3. The Morgan fingerprint density at radius 2 is 2.00 bits per heavy atom. The lowest BCUT2D eigenvalue weighted by Gasteiger charge is -2.12. The van der Waals surface area contributed by atoms with Gasteiger partial charge in [-0.15, -0.1) is 0 Å². The zero-order valence-corrected chi connectivity index (χ0v) is 15.1. The van der Waals surface area contributed by atoms with Crippen molar-refractivity contribution in [2.24, 2.45) is 5.73 Å². The Labute approximate surface area is 156 Å². The van der Waals surface area contributed by atoms with Crippen molar-refractivity contribution >= 4 is 22.8 Å². The first-order chi connectivity index (χ1) is 13.0. The van der Waals surface area contributed by atoms with Crippen LogP contribution in [0.4, 0.5) is 0 Å². The highest BCUT2D eigenvalue weighted by molar-refractivity contribution is 6.12. The molecule has 0 bridgehead atoms. The molecule has 0 atom stereocenters. The number of nitrogens with two attached hydrogens (primary N) is 1. The fraction of sp³-hybridized carbons (Fsp3) is 0.150. The topological polar surface area (TPSA) is 110 Å². The standard InChI is InChI=1S/C20H20N4O3/c1-12-5-3-4-6-14(12)18-10-16(19(25)24-20(21)22)15-8-7-13(27-11-26-2)9-17(15)23-18/h3-10H,11H2,1-2H3,(H4,21,22,24,25). The minimum Gasteiger partial charge on any atom is -0.467 e. The van der Waals surface area contributed by atoms with Crippen molar-refractivity contribution in [2.45, 2.75) is 6.92 Å². The van der Waals surface area contributed by atoms with Gasteiger partial charge in [-0.1, -0.05) is 24.3 Å². The number of fused-ring (bicyclic) bond motifs is 1. The van der Waals surface area contributed by atoms with E-state index in [0.29, 0.717) is 27.9 Å². The molecule has 27 heavy (non-hydrogen) atoms. The summed E-state index contributed by atoms with van der Waals surface area (Å²) in [7, 11) is 1.54. The summed E-state index contributed by atoms with van der Waals surface area (Å²) in [6.45, 7) is 2.09. The summed E-state index contributed by atoms with van der Waals surface area (Å²) in [5.74, 6) is -0.297. The van der Waals surface area contributed by atoms with Crippen LogP contribution < -0.4 is 15.8 Å². The number of pyridine rings is 1. The Balaban J connectivity index is 2.19. The normalized spacial score (nSPS) is 10.6. The van der Waals surface area contributed by atoms with Crippen molar-refractivity contribution in [2.75, 3.05) is 13.9 Å². The summed E-state index contributed by atoms with van der Waals surface area (Å²) >= 11 is 0. The Hall–Kier alpha value is -3.45. The van der Waals surface area contributed by atoms with Crippen LogP contribution >= 0.6 is 0 Å². The molecule has 0 aliphatic heterocycles. The molecule has 7 nitrogen and oxygen atoms in total. The van der Waals surface area contributed by atoms with Crippen LogP contribution in [0.3, 0.4) is 0 Å². The van der Waals surface area contributed by atoms with E-state index in [2.05, 4.69) is 5.32 Å². The lowest BCUT2D eigenvalue weighted by Crippen LogP contribution is -2.35. The second-order valence-corrected chi connectivity index (χ2v) is 5.97. The molecule has 138 valence electrons. The van der Waals surface area contributed by atoms with Crippen molar-refractivity contribution in [3.8, 4) is 17.0 Å². The minimum atomic E-state index is -0.463. The molecule has 0 saturated carbocycles. The van der Waals surface area contributed by atoms with E-state index in [9.17, 15) is 4.79 Å². The summed E-state index contributed by atoms with van der Waals surface area (Å²) in [6.07, 6.45) is 0. The Kier molecular flexibility index (Phi) is 5.33. The third kappa shape index (κ3) is 4.04. The molecular weight excluding hydrogens is 344 g/mol. The molecule has 0 aliphatic carbocycles. The second kappa shape index (κ2) is 7.84. The van der Waals surface area contributed by atoms with Gasteiger partial charge < -0.3 is 15.2 Å². The number of nitrogens with zero attached hydrogens (tertiary/aromatic N) is 1. The molecule has 1 heterocycles. The average molecular weight is 364 g/mol. The highest BCUT2D eigenvalue weighted by Crippen LogP contribution is 2.29. The van der Waals surface area contributed by atoms with E-state index >= 15 is 0 Å². The van der Waals surface area contributed by atoms with Crippen LogP contribution in [0.15, 0.2) is 48.5 Å². The summed E-state index contributed by atoms with van der Waals surface area (Å²) in [5.41, 5.74) is 8.91. The van der Waals surface area contributed by atoms with Gasteiger partial charge in [0, 0.05) is 24.1 Å². The van der Waals surface area contributed by atoms with Crippen molar-refractivity contribution in [1.82, 2.24) is 10.3 Å². The summed E-state index contributed by atoms with van der Waals surface area (Å²) in [6, 6.07) is 14.7. The fourth-order valence-corrected chi connectivity index (χ4v) is 2.80. The number of hydrogen-bond acceptors (Lipinski definition) is 5. The molecule has 7 heteroatoms. The molecule has 3 rings (SSSR count). The number of aromatic nitrogens is 1. The van der Waals surface area contributed by atoms with Gasteiger partial charge >= 0.3 is 0 Å². The van der Waals surface area contributed by atoms with Crippen LogP contribution in [0.25, 0.3) is 22.2 Å². The number of nitrogens with one attached hydrogen (secondary N) is 2. The fourth-order valence-electron chi connectivity index (χ4n) is 2.80. The number of rotatable bonds is 5. The number of ether oxygens (including phenoxy) is 2. The monoisotopic (exact) mass is 364 g/mol. The smallest absolute Gasteiger partial charge is 0.258 e. The summed E-state index contributed by atoms with van der Waals surface area (Å²) < 4.78 is 10.4. The molecule has 0 fully saturated rings. The van der Waals surface area contributed by atoms with E-state index < -0.39 is 11.9 Å². The van der Waals surface area contributed by atoms with Gasteiger partial charge in [-0.2, -0.15) is 0 Å². The quantitative estimate of drug-likeness (QED) is 0.366. The van der Waals surface area contributed by atoms with Crippen LogP contribution in [0, 0.1) is 12.3 Å². The molecule has 4 N–H and O–H groups in total. The number of carbonyl (C=O) groups is 1. The van der Waals surface area contributed by atoms with Crippen LogP contribution in [-0.4, -0.2) is 30.8 Å². The number of carbonyl (C=O) groups excluding carboxylic acids is 1. The Morgan fingerprint density at radius 3 is 2.70 bits per heavy atom. The molecule has 3 aromatic rings. The Morgan fingerprint density at radius 1 is 1.22 bits per heavy atom. The predicted molar refractivity (Wildman–Crippen MR) is 104 cm³/mol.